The van der Waals surface area contributed by atoms with Gasteiger partial charge in [-0.1, -0.05) is 162 Å². The van der Waals surface area contributed by atoms with E-state index < -0.39 is 0 Å². The summed E-state index contributed by atoms with van der Waals surface area (Å²) in [5.74, 6) is 0.996. The molecule has 1 saturated carbocycles. The lowest BCUT2D eigenvalue weighted by Gasteiger charge is -2.27. The van der Waals surface area contributed by atoms with Gasteiger partial charge in [-0.05, 0) is 76.8 Å². The maximum atomic E-state index is 13.8. The standard InChI is InChI=1S/C45H83NO4/c1-6-10-14-17-20-24-27-38(28-25-21-18-15-11-7-2)35-41(29-26-22-19-16-12-8-3)49-44(47)36-39-31-32-43(42(39)30-23-13-9-4)50-45(48)40-33-34-46(5)37-40/h13,23,38-43H,6-12,14-22,24-37H2,1-5H3/b23-13-. The fraction of sp³-hybridized carbons (Fsp3) is 0.911. The van der Waals surface area contributed by atoms with Crippen LogP contribution in [0.25, 0.3) is 0 Å². The van der Waals surface area contributed by atoms with Gasteiger partial charge in [-0.15, -0.1) is 0 Å². The van der Waals surface area contributed by atoms with Crippen LogP contribution < -0.4 is 0 Å². The molecule has 2 rings (SSSR count). The summed E-state index contributed by atoms with van der Waals surface area (Å²) in [5.41, 5.74) is 0. The molecule has 1 heterocycles. The van der Waals surface area contributed by atoms with Gasteiger partial charge in [0.15, 0.2) is 0 Å². The van der Waals surface area contributed by atoms with Crippen molar-refractivity contribution in [2.75, 3.05) is 20.1 Å². The van der Waals surface area contributed by atoms with E-state index in [9.17, 15) is 9.59 Å². The van der Waals surface area contributed by atoms with Gasteiger partial charge in [0.05, 0.1) is 5.92 Å². The maximum absolute atomic E-state index is 13.8. The Hall–Kier alpha value is -1.36. The minimum absolute atomic E-state index is 0.0146. The van der Waals surface area contributed by atoms with Crippen LogP contribution in [-0.2, 0) is 19.1 Å². The molecule has 0 aromatic carbocycles. The zero-order valence-electron chi connectivity index (χ0n) is 33.9. The Morgan fingerprint density at radius 2 is 1.26 bits per heavy atom. The van der Waals surface area contributed by atoms with Crippen LogP contribution in [-0.4, -0.2) is 49.2 Å². The Labute approximate surface area is 310 Å². The molecular formula is C45H83NO4. The Bertz CT molecular complexity index is 857. The molecule has 1 aliphatic heterocycles. The van der Waals surface area contributed by atoms with Gasteiger partial charge in [-0.2, -0.15) is 0 Å². The summed E-state index contributed by atoms with van der Waals surface area (Å²) in [6.45, 7) is 10.8. The largest absolute Gasteiger partial charge is 0.462 e. The van der Waals surface area contributed by atoms with Crippen LogP contribution in [0.2, 0.25) is 0 Å². The molecule has 0 amide bonds. The number of carbonyl (C=O) groups is 2. The lowest BCUT2D eigenvalue weighted by Crippen LogP contribution is -2.30. The van der Waals surface area contributed by atoms with Gasteiger partial charge in [0.1, 0.15) is 12.2 Å². The summed E-state index contributed by atoms with van der Waals surface area (Å²) in [5, 5.41) is 0. The number of nitrogens with zero attached hydrogens (tertiary/aromatic N) is 1. The number of carbonyl (C=O) groups excluding carboxylic acids is 2. The SMILES string of the molecule is CC/C=C\CC1C(CC(=O)OC(CCCCCCCC)CC(CCCCCCCC)CCCCCCCC)CCC1OC(=O)C1CCN(C)C1. The smallest absolute Gasteiger partial charge is 0.310 e. The molecule has 0 N–H and O–H groups in total. The van der Waals surface area contributed by atoms with Crippen LogP contribution in [0.5, 0.6) is 0 Å². The van der Waals surface area contributed by atoms with Gasteiger partial charge in [0.2, 0.25) is 0 Å². The first-order valence-corrected chi connectivity index (χ1v) is 22.1. The molecule has 5 unspecified atom stereocenters. The minimum Gasteiger partial charge on any atom is -0.462 e. The highest BCUT2D eigenvalue weighted by Gasteiger charge is 2.41. The third-order valence-electron chi connectivity index (χ3n) is 11.8. The molecule has 292 valence electrons. The van der Waals surface area contributed by atoms with E-state index in [-0.39, 0.29) is 41.9 Å². The van der Waals surface area contributed by atoms with Crippen molar-refractivity contribution in [1.82, 2.24) is 4.90 Å². The summed E-state index contributed by atoms with van der Waals surface area (Å²) >= 11 is 0. The summed E-state index contributed by atoms with van der Waals surface area (Å²) in [6.07, 6.45) is 37.7. The van der Waals surface area contributed by atoms with Gasteiger partial charge in [-0.3, -0.25) is 9.59 Å². The molecule has 2 fully saturated rings. The molecule has 0 bridgehead atoms. The summed E-state index contributed by atoms with van der Waals surface area (Å²) < 4.78 is 12.7. The zero-order valence-corrected chi connectivity index (χ0v) is 33.9. The minimum atomic E-state index is -0.0920. The summed E-state index contributed by atoms with van der Waals surface area (Å²) in [7, 11) is 2.08. The molecule has 2 aliphatic rings. The number of likely N-dealkylation sites (tertiary alicyclic amines) is 1. The predicted molar refractivity (Wildman–Crippen MR) is 212 cm³/mol. The van der Waals surface area contributed by atoms with Crippen LogP contribution >= 0.6 is 0 Å². The monoisotopic (exact) mass is 702 g/mol. The van der Waals surface area contributed by atoms with Crippen LogP contribution in [0.15, 0.2) is 12.2 Å². The van der Waals surface area contributed by atoms with Gasteiger partial charge in [0, 0.05) is 18.9 Å². The van der Waals surface area contributed by atoms with Crippen molar-refractivity contribution in [2.45, 2.75) is 220 Å². The van der Waals surface area contributed by atoms with Gasteiger partial charge < -0.3 is 14.4 Å². The number of hydrogen-bond acceptors (Lipinski definition) is 5. The molecule has 5 atom stereocenters. The second-order valence-electron chi connectivity index (χ2n) is 16.4. The number of hydrogen-bond donors (Lipinski definition) is 0. The van der Waals surface area contributed by atoms with Crippen molar-refractivity contribution in [3.8, 4) is 0 Å². The Balaban J connectivity index is 2.04. The van der Waals surface area contributed by atoms with Crippen LogP contribution in [0, 0.1) is 23.7 Å². The summed E-state index contributed by atoms with van der Waals surface area (Å²) in [6, 6.07) is 0. The van der Waals surface area contributed by atoms with Crippen LogP contribution in [0.3, 0.4) is 0 Å². The highest BCUT2D eigenvalue weighted by molar-refractivity contribution is 5.73. The van der Waals surface area contributed by atoms with E-state index in [4.69, 9.17) is 9.47 Å². The first-order chi connectivity index (χ1) is 24.4. The van der Waals surface area contributed by atoms with E-state index in [0.29, 0.717) is 12.3 Å². The normalized spacial score (nSPS) is 21.8. The molecule has 5 nitrogen and oxygen atoms in total. The summed E-state index contributed by atoms with van der Waals surface area (Å²) in [4.78, 5) is 29.1. The second-order valence-corrected chi connectivity index (χ2v) is 16.4. The van der Waals surface area contributed by atoms with E-state index >= 15 is 0 Å². The first-order valence-electron chi connectivity index (χ1n) is 22.1. The molecule has 0 aromatic heterocycles. The molecule has 50 heavy (non-hydrogen) atoms. The number of rotatable bonds is 31. The molecule has 1 aliphatic carbocycles. The van der Waals surface area contributed by atoms with E-state index in [1.807, 2.05) is 0 Å². The average molecular weight is 702 g/mol. The molecule has 1 saturated heterocycles. The number of allylic oxidation sites excluding steroid dienone is 2. The topological polar surface area (TPSA) is 55.8 Å². The number of unbranched alkanes of at least 4 members (excludes halogenated alkanes) is 15. The Kier molecular flexibility index (Phi) is 26.1. The average Bonchev–Trinajstić information content (AvgIpc) is 3.71. The van der Waals surface area contributed by atoms with Crippen molar-refractivity contribution in [1.29, 1.82) is 0 Å². The third kappa shape index (κ3) is 20.0. The van der Waals surface area contributed by atoms with Crippen molar-refractivity contribution in [3.05, 3.63) is 12.2 Å². The van der Waals surface area contributed by atoms with E-state index in [1.165, 1.54) is 122 Å². The lowest BCUT2D eigenvalue weighted by molar-refractivity contribution is -0.156. The number of esters is 2. The maximum Gasteiger partial charge on any atom is 0.310 e. The number of ether oxygens (including phenoxy) is 2. The molecule has 5 heteroatoms. The quantitative estimate of drug-likeness (QED) is 0.0409. The molecule has 0 spiro atoms. The van der Waals surface area contributed by atoms with E-state index in [2.05, 4.69) is 51.8 Å². The fourth-order valence-electron chi connectivity index (χ4n) is 8.65. The van der Waals surface area contributed by atoms with Crippen LogP contribution in [0.1, 0.15) is 207 Å². The van der Waals surface area contributed by atoms with Crippen molar-refractivity contribution >= 4 is 11.9 Å². The van der Waals surface area contributed by atoms with Crippen molar-refractivity contribution < 1.29 is 19.1 Å². The van der Waals surface area contributed by atoms with Crippen molar-refractivity contribution in [2.24, 2.45) is 23.7 Å². The van der Waals surface area contributed by atoms with Gasteiger partial charge in [-0.25, -0.2) is 0 Å². The van der Waals surface area contributed by atoms with Crippen LogP contribution in [0.4, 0.5) is 0 Å². The third-order valence-corrected chi connectivity index (χ3v) is 11.8. The zero-order chi connectivity index (χ0) is 36.2. The Morgan fingerprint density at radius 1 is 0.700 bits per heavy atom. The van der Waals surface area contributed by atoms with E-state index in [1.54, 1.807) is 0 Å². The van der Waals surface area contributed by atoms with Gasteiger partial charge in [0.25, 0.3) is 0 Å². The van der Waals surface area contributed by atoms with Crippen molar-refractivity contribution in [3.63, 3.8) is 0 Å². The molecule has 0 aromatic rings. The molecular weight excluding hydrogens is 618 g/mol. The molecule has 0 radical (unpaired) electrons. The second kappa shape index (κ2) is 29.1. The Morgan fingerprint density at radius 3 is 1.80 bits per heavy atom. The van der Waals surface area contributed by atoms with Gasteiger partial charge >= 0.3 is 11.9 Å². The predicted octanol–water partition coefficient (Wildman–Crippen LogP) is 12.8. The lowest BCUT2D eigenvalue weighted by atomic mass is 9.87. The highest BCUT2D eigenvalue weighted by Crippen LogP contribution is 2.40. The highest BCUT2D eigenvalue weighted by atomic mass is 16.5. The van der Waals surface area contributed by atoms with E-state index in [0.717, 1.165) is 64.5 Å². The first kappa shape index (κ1) is 44.8. The fourth-order valence-corrected chi connectivity index (χ4v) is 8.65.